The van der Waals surface area contributed by atoms with Gasteiger partial charge in [0.15, 0.2) is 5.43 Å². The molecule has 1 aromatic heterocycles. The van der Waals surface area contributed by atoms with Crippen LogP contribution in [0.4, 0.5) is 5.69 Å². The zero-order valence-corrected chi connectivity index (χ0v) is 18.2. The molecule has 1 aliphatic rings. The summed E-state index contributed by atoms with van der Waals surface area (Å²) in [6.45, 7) is 4.02. The number of hydrogen-bond donors (Lipinski definition) is 0. The van der Waals surface area contributed by atoms with Crippen molar-refractivity contribution in [1.29, 1.82) is 0 Å². The van der Waals surface area contributed by atoms with Gasteiger partial charge in [0.25, 0.3) is 5.91 Å². The molecular formula is C27H23NO4. The van der Waals surface area contributed by atoms with E-state index in [1.165, 1.54) is 5.56 Å². The maximum Gasteiger partial charge on any atom is 0.295 e. The van der Waals surface area contributed by atoms with E-state index in [0.717, 1.165) is 23.2 Å². The first-order chi connectivity index (χ1) is 15.5. The smallest absolute Gasteiger partial charge is 0.295 e. The fourth-order valence-corrected chi connectivity index (χ4v) is 4.35. The normalized spacial score (nSPS) is 15.3. The van der Waals surface area contributed by atoms with Gasteiger partial charge in [-0.25, -0.2) is 0 Å². The molecule has 1 unspecified atom stereocenters. The summed E-state index contributed by atoms with van der Waals surface area (Å²) in [5.41, 5.74) is 4.29. The van der Waals surface area contributed by atoms with Gasteiger partial charge in [-0.1, -0.05) is 42.8 Å². The van der Waals surface area contributed by atoms with Crippen molar-refractivity contribution in [3.8, 4) is 5.75 Å². The molecule has 0 saturated carbocycles. The van der Waals surface area contributed by atoms with Gasteiger partial charge in [0.2, 0.25) is 5.76 Å². The van der Waals surface area contributed by atoms with Crippen LogP contribution in [0.1, 0.15) is 45.8 Å². The van der Waals surface area contributed by atoms with Gasteiger partial charge >= 0.3 is 0 Å². The van der Waals surface area contributed by atoms with Gasteiger partial charge in [0.1, 0.15) is 11.3 Å². The Hall–Kier alpha value is -3.86. The highest BCUT2D eigenvalue weighted by Crippen LogP contribution is 2.41. The lowest BCUT2D eigenvalue weighted by atomic mass is 9.97. The summed E-state index contributed by atoms with van der Waals surface area (Å²) in [6.07, 6.45) is 0.904. The number of hydrogen-bond acceptors (Lipinski definition) is 4. The number of rotatable bonds is 4. The van der Waals surface area contributed by atoms with Crippen LogP contribution in [0.2, 0.25) is 0 Å². The molecule has 0 radical (unpaired) electrons. The summed E-state index contributed by atoms with van der Waals surface area (Å²) in [4.78, 5) is 28.9. The van der Waals surface area contributed by atoms with Crippen molar-refractivity contribution >= 4 is 22.6 Å². The number of aryl methyl sites for hydroxylation is 2. The zero-order valence-electron chi connectivity index (χ0n) is 18.2. The molecule has 2 heterocycles. The maximum atomic E-state index is 13.6. The van der Waals surface area contributed by atoms with Crippen molar-refractivity contribution in [2.75, 3.05) is 12.0 Å². The Morgan fingerprint density at radius 1 is 0.969 bits per heavy atom. The monoisotopic (exact) mass is 425 g/mol. The third-order valence-corrected chi connectivity index (χ3v) is 6.08. The van der Waals surface area contributed by atoms with E-state index in [1.54, 1.807) is 18.1 Å². The fourth-order valence-electron chi connectivity index (χ4n) is 4.35. The summed E-state index contributed by atoms with van der Waals surface area (Å²) < 4.78 is 11.3. The number of methoxy groups -OCH3 is 1. The summed E-state index contributed by atoms with van der Waals surface area (Å²) in [7, 11) is 1.61. The first-order valence-electron chi connectivity index (χ1n) is 10.7. The molecule has 0 N–H and O–H groups in total. The number of ether oxygens (including phenoxy) is 1. The Labute approximate surface area is 185 Å². The predicted molar refractivity (Wildman–Crippen MR) is 125 cm³/mol. The average Bonchev–Trinajstić information content (AvgIpc) is 3.12. The number of amides is 1. The van der Waals surface area contributed by atoms with Crippen LogP contribution in [-0.4, -0.2) is 13.0 Å². The molecular weight excluding hydrogens is 402 g/mol. The summed E-state index contributed by atoms with van der Waals surface area (Å²) in [6, 6.07) is 20.2. The number of nitrogens with zero attached hydrogens (tertiary/aromatic N) is 1. The summed E-state index contributed by atoms with van der Waals surface area (Å²) >= 11 is 0. The molecule has 32 heavy (non-hydrogen) atoms. The van der Waals surface area contributed by atoms with Crippen molar-refractivity contribution in [2.24, 2.45) is 0 Å². The molecule has 0 spiro atoms. The average molecular weight is 425 g/mol. The SMILES string of the molecule is CCc1ccc(N2C(=O)c3oc4ccc(C)cc4c(=O)c3C2c2ccc(OC)cc2)cc1. The molecule has 1 amide bonds. The first kappa shape index (κ1) is 20.1. The molecule has 1 atom stereocenters. The van der Waals surface area contributed by atoms with Gasteiger partial charge < -0.3 is 9.15 Å². The standard InChI is InChI=1S/C27H23NO4/c1-4-17-6-10-19(11-7-17)28-24(18-8-12-20(31-3)13-9-18)23-25(29)21-15-16(2)5-14-22(21)32-26(23)27(28)30/h5-15,24H,4H2,1-3H3. The number of carbonyl (C=O) groups excluding carboxylic acids is 1. The van der Waals surface area contributed by atoms with Crippen LogP contribution in [0.3, 0.4) is 0 Å². The number of benzene rings is 3. The lowest BCUT2D eigenvalue weighted by Crippen LogP contribution is -2.29. The van der Waals surface area contributed by atoms with E-state index < -0.39 is 6.04 Å². The van der Waals surface area contributed by atoms with E-state index >= 15 is 0 Å². The van der Waals surface area contributed by atoms with Gasteiger partial charge in [0, 0.05) is 5.69 Å². The van der Waals surface area contributed by atoms with E-state index in [0.29, 0.717) is 22.3 Å². The highest BCUT2D eigenvalue weighted by molar-refractivity contribution is 6.10. The van der Waals surface area contributed by atoms with Gasteiger partial charge in [-0.15, -0.1) is 0 Å². The molecule has 5 nitrogen and oxygen atoms in total. The van der Waals surface area contributed by atoms with Crippen molar-refractivity contribution < 1.29 is 13.9 Å². The maximum absolute atomic E-state index is 13.6. The van der Waals surface area contributed by atoms with Crippen molar-refractivity contribution in [1.82, 2.24) is 0 Å². The lowest BCUT2D eigenvalue weighted by molar-refractivity contribution is 0.0971. The fraction of sp³-hybridized carbons (Fsp3) is 0.185. The number of anilines is 1. The van der Waals surface area contributed by atoms with E-state index in [2.05, 4.69) is 6.92 Å². The number of fused-ring (bicyclic) bond motifs is 2. The Morgan fingerprint density at radius 2 is 1.69 bits per heavy atom. The van der Waals surface area contributed by atoms with Gasteiger partial charge in [0.05, 0.1) is 24.1 Å². The minimum absolute atomic E-state index is 0.103. The van der Waals surface area contributed by atoms with Crippen LogP contribution in [0, 0.1) is 6.92 Å². The summed E-state index contributed by atoms with van der Waals surface area (Å²) in [5, 5.41) is 0.484. The molecule has 160 valence electrons. The van der Waals surface area contributed by atoms with Gasteiger partial charge in [-0.05, 0) is 60.9 Å². The second-order valence-electron chi connectivity index (χ2n) is 8.04. The Kier molecular flexibility index (Phi) is 4.82. The van der Waals surface area contributed by atoms with Crippen LogP contribution in [0.25, 0.3) is 11.0 Å². The number of carbonyl (C=O) groups is 1. The lowest BCUT2D eigenvalue weighted by Gasteiger charge is -2.25. The van der Waals surface area contributed by atoms with Crippen molar-refractivity contribution in [2.45, 2.75) is 26.3 Å². The predicted octanol–water partition coefficient (Wildman–Crippen LogP) is 5.42. The zero-order chi connectivity index (χ0) is 22.4. The van der Waals surface area contributed by atoms with E-state index in [4.69, 9.17) is 9.15 Å². The minimum atomic E-state index is -0.586. The molecule has 5 heteroatoms. The highest BCUT2D eigenvalue weighted by atomic mass is 16.5. The van der Waals surface area contributed by atoms with Gasteiger partial charge in [-0.2, -0.15) is 0 Å². The molecule has 0 saturated heterocycles. The molecule has 1 aliphatic heterocycles. The molecule has 0 bridgehead atoms. The van der Waals surface area contributed by atoms with Crippen LogP contribution in [0.15, 0.2) is 75.9 Å². The third-order valence-electron chi connectivity index (χ3n) is 6.08. The van der Waals surface area contributed by atoms with E-state index in [-0.39, 0.29) is 17.1 Å². The summed E-state index contributed by atoms with van der Waals surface area (Å²) in [5.74, 6) is 0.495. The van der Waals surface area contributed by atoms with Crippen LogP contribution in [-0.2, 0) is 6.42 Å². The second kappa shape index (κ2) is 7.68. The Morgan fingerprint density at radius 3 is 2.34 bits per heavy atom. The molecule has 3 aromatic carbocycles. The van der Waals surface area contributed by atoms with Crippen LogP contribution in [0.5, 0.6) is 5.75 Å². The minimum Gasteiger partial charge on any atom is -0.497 e. The second-order valence-corrected chi connectivity index (χ2v) is 8.04. The Balaban J connectivity index is 1.77. The first-order valence-corrected chi connectivity index (χ1v) is 10.7. The topological polar surface area (TPSA) is 59.8 Å². The van der Waals surface area contributed by atoms with Crippen molar-refractivity contribution in [3.05, 3.63) is 105 Å². The van der Waals surface area contributed by atoms with Gasteiger partial charge in [-0.3, -0.25) is 14.5 Å². The molecule has 0 fully saturated rings. The van der Waals surface area contributed by atoms with E-state index in [9.17, 15) is 9.59 Å². The van der Waals surface area contributed by atoms with Crippen LogP contribution >= 0.6 is 0 Å². The largest absolute Gasteiger partial charge is 0.497 e. The van der Waals surface area contributed by atoms with E-state index in [1.807, 2.05) is 67.6 Å². The molecule has 4 aromatic rings. The third kappa shape index (κ3) is 3.09. The Bertz CT molecular complexity index is 1380. The van der Waals surface area contributed by atoms with Crippen LogP contribution < -0.4 is 15.1 Å². The molecule has 0 aliphatic carbocycles. The molecule has 5 rings (SSSR count). The highest BCUT2D eigenvalue weighted by Gasteiger charge is 2.43. The quantitative estimate of drug-likeness (QED) is 0.438. The van der Waals surface area contributed by atoms with Crippen molar-refractivity contribution in [3.63, 3.8) is 0 Å².